The van der Waals surface area contributed by atoms with Crippen molar-refractivity contribution in [2.75, 3.05) is 6.54 Å². The van der Waals surface area contributed by atoms with E-state index in [-0.39, 0.29) is 18.0 Å². The van der Waals surface area contributed by atoms with Gasteiger partial charge in [-0.05, 0) is 45.2 Å². The molecule has 1 aliphatic rings. The highest BCUT2D eigenvalue weighted by Gasteiger charge is 2.23. The molecule has 2 unspecified atom stereocenters. The molecule has 3 amide bonds. The second kappa shape index (κ2) is 6.45. The van der Waals surface area contributed by atoms with Crippen molar-refractivity contribution in [2.24, 2.45) is 0 Å². The largest absolute Gasteiger partial charge is 0.464 e. The number of carbonyl (C=O) groups is 2. The number of furan rings is 1. The van der Waals surface area contributed by atoms with Crippen LogP contribution in [0.15, 0.2) is 16.5 Å². The van der Waals surface area contributed by atoms with E-state index in [9.17, 15) is 9.59 Å². The summed E-state index contributed by atoms with van der Waals surface area (Å²) < 4.78 is 5.46. The number of hydrogen-bond acceptors (Lipinski definition) is 3. The van der Waals surface area contributed by atoms with Gasteiger partial charge in [0.05, 0.1) is 6.04 Å². The quantitative estimate of drug-likeness (QED) is 0.786. The van der Waals surface area contributed by atoms with Gasteiger partial charge in [0.2, 0.25) is 5.91 Å². The lowest BCUT2D eigenvalue weighted by molar-refractivity contribution is -0.122. The van der Waals surface area contributed by atoms with Crippen molar-refractivity contribution in [2.45, 2.75) is 45.2 Å². The van der Waals surface area contributed by atoms with Gasteiger partial charge in [0, 0.05) is 6.54 Å². The van der Waals surface area contributed by atoms with Gasteiger partial charge in [0.15, 0.2) is 0 Å². The van der Waals surface area contributed by atoms with Gasteiger partial charge in [-0.25, -0.2) is 4.79 Å². The van der Waals surface area contributed by atoms with Crippen molar-refractivity contribution in [1.82, 2.24) is 16.0 Å². The van der Waals surface area contributed by atoms with E-state index in [4.69, 9.17) is 4.42 Å². The van der Waals surface area contributed by atoms with E-state index >= 15 is 0 Å². The maximum absolute atomic E-state index is 11.9. The fourth-order valence-electron chi connectivity index (χ4n) is 2.23. The Bertz CT molecular complexity index is 484. The van der Waals surface area contributed by atoms with Crippen LogP contribution >= 0.6 is 0 Å². The minimum absolute atomic E-state index is 0.112. The van der Waals surface area contributed by atoms with E-state index in [0.717, 1.165) is 18.6 Å². The molecule has 110 valence electrons. The van der Waals surface area contributed by atoms with E-state index in [1.54, 1.807) is 0 Å². The number of aryl methyl sites for hydroxylation is 1. The van der Waals surface area contributed by atoms with Crippen LogP contribution in [-0.2, 0) is 4.79 Å². The summed E-state index contributed by atoms with van der Waals surface area (Å²) in [4.78, 5) is 23.7. The molecule has 2 heterocycles. The molecule has 6 nitrogen and oxygen atoms in total. The number of rotatable bonds is 3. The van der Waals surface area contributed by atoms with Gasteiger partial charge in [-0.3, -0.25) is 4.79 Å². The average molecular weight is 279 g/mol. The molecule has 0 aliphatic carbocycles. The summed E-state index contributed by atoms with van der Waals surface area (Å²) in [6.07, 6.45) is 2.55. The van der Waals surface area contributed by atoms with E-state index < -0.39 is 6.04 Å². The Balaban J connectivity index is 1.86. The van der Waals surface area contributed by atoms with E-state index in [0.29, 0.717) is 18.7 Å². The molecule has 0 aromatic carbocycles. The van der Waals surface area contributed by atoms with Crippen molar-refractivity contribution >= 4 is 11.9 Å². The van der Waals surface area contributed by atoms with Crippen LogP contribution in [0.3, 0.4) is 0 Å². The molecule has 3 N–H and O–H groups in total. The molecule has 2 atom stereocenters. The normalized spacial score (nSPS) is 20.7. The summed E-state index contributed by atoms with van der Waals surface area (Å²) in [5, 5.41) is 8.27. The first-order chi connectivity index (χ1) is 9.56. The van der Waals surface area contributed by atoms with Gasteiger partial charge in [-0.15, -0.1) is 0 Å². The molecule has 1 fully saturated rings. The van der Waals surface area contributed by atoms with Crippen LogP contribution in [0.5, 0.6) is 0 Å². The molecule has 0 bridgehead atoms. The highest BCUT2D eigenvalue weighted by atomic mass is 16.3. The second-order valence-electron chi connectivity index (χ2n) is 5.13. The molecule has 1 saturated heterocycles. The Morgan fingerprint density at radius 2 is 2.25 bits per heavy atom. The third-order valence-corrected chi connectivity index (χ3v) is 3.38. The van der Waals surface area contributed by atoms with Gasteiger partial charge in [0.25, 0.3) is 0 Å². The molecular formula is C14H21N3O3. The molecule has 1 aromatic heterocycles. The third kappa shape index (κ3) is 3.76. The summed E-state index contributed by atoms with van der Waals surface area (Å²) in [5.74, 6) is 1.39. The van der Waals surface area contributed by atoms with Crippen LogP contribution in [0.2, 0.25) is 0 Å². The number of carbonyl (C=O) groups excluding carboxylic acids is 2. The molecule has 0 spiro atoms. The summed E-state index contributed by atoms with van der Waals surface area (Å²) in [6.45, 7) is 4.37. The van der Waals surface area contributed by atoms with Crippen LogP contribution in [0.4, 0.5) is 4.79 Å². The van der Waals surface area contributed by atoms with Crippen LogP contribution in [0.25, 0.3) is 0 Å². The minimum atomic E-state index is -0.456. The summed E-state index contributed by atoms with van der Waals surface area (Å²) in [7, 11) is 0. The smallest absolute Gasteiger partial charge is 0.316 e. The maximum Gasteiger partial charge on any atom is 0.316 e. The Morgan fingerprint density at radius 1 is 1.45 bits per heavy atom. The monoisotopic (exact) mass is 279 g/mol. The Hall–Kier alpha value is -1.98. The standard InChI is InChI=1S/C14H21N3O3/c1-9-6-7-12(20-9)10(2)16-14(19)17-11-5-3-4-8-15-13(11)18/h6-7,10-11H,3-5,8H2,1-2H3,(H,15,18)(H2,16,17,19). The third-order valence-electron chi connectivity index (χ3n) is 3.38. The number of hydrogen-bond donors (Lipinski definition) is 3. The van der Waals surface area contributed by atoms with Crippen molar-refractivity contribution in [3.05, 3.63) is 23.7 Å². The zero-order valence-corrected chi connectivity index (χ0v) is 11.9. The van der Waals surface area contributed by atoms with Crippen LogP contribution in [-0.4, -0.2) is 24.5 Å². The number of amides is 3. The van der Waals surface area contributed by atoms with Crippen molar-refractivity contribution < 1.29 is 14.0 Å². The lowest BCUT2D eigenvalue weighted by atomic mass is 10.1. The lowest BCUT2D eigenvalue weighted by Crippen LogP contribution is -2.49. The summed E-state index contributed by atoms with van der Waals surface area (Å²) in [5.41, 5.74) is 0. The molecule has 20 heavy (non-hydrogen) atoms. The average Bonchev–Trinajstić information content (AvgIpc) is 2.73. The molecular weight excluding hydrogens is 258 g/mol. The van der Waals surface area contributed by atoms with E-state index in [1.165, 1.54) is 0 Å². The van der Waals surface area contributed by atoms with Gasteiger partial charge >= 0.3 is 6.03 Å². The Kier molecular flexibility index (Phi) is 4.65. The van der Waals surface area contributed by atoms with Gasteiger partial charge in [-0.2, -0.15) is 0 Å². The molecule has 1 aromatic rings. The van der Waals surface area contributed by atoms with E-state index in [2.05, 4.69) is 16.0 Å². The minimum Gasteiger partial charge on any atom is -0.464 e. The van der Waals surface area contributed by atoms with Gasteiger partial charge < -0.3 is 20.4 Å². The maximum atomic E-state index is 11.9. The summed E-state index contributed by atoms with van der Waals surface area (Å²) >= 11 is 0. The first-order valence-electron chi connectivity index (χ1n) is 6.97. The zero-order chi connectivity index (χ0) is 14.5. The number of nitrogens with one attached hydrogen (secondary N) is 3. The van der Waals surface area contributed by atoms with Crippen molar-refractivity contribution in [1.29, 1.82) is 0 Å². The summed E-state index contributed by atoms with van der Waals surface area (Å²) in [6, 6.07) is 2.64. The lowest BCUT2D eigenvalue weighted by Gasteiger charge is -2.18. The molecule has 1 aliphatic heterocycles. The van der Waals surface area contributed by atoms with Gasteiger partial charge in [0.1, 0.15) is 17.6 Å². The predicted molar refractivity (Wildman–Crippen MR) is 74.2 cm³/mol. The highest BCUT2D eigenvalue weighted by molar-refractivity contribution is 5.87. The topological polar surface area (TPSA) is 83.4 Å². The van der Waals surface area contributed by atoms with Crippen molar-refractivity contribution in [3.8, 4) is 0 Å². The Morgan fingerprint density at radius 3 is 2.95 bits per heavy atom. The zero-order valence-electron chi connectivity index (χ0n) is 11.9. The van der Waals surface area contributed by atoms with E-state index in [1.807, 2.05) is 26.0 Å². The fourth-order valence-corrected chi connectivity index (χ4v) is 2.23. The predicted octanol–water partition coefficient (Wildman–Crippen LogP) is 1.62. The fraction of sp³-hybridized carbons (Fsp3) is 0.571. The first-order valence-corrected chi connectivity index (χ1v) is 6.97. The van der Waals surface area contributed by atoms with Crippen LogP contribution in [0.1, 0.15) is 43.7 Å². The van der Waals surface area contributed by atoms with Crippen LogP contribution < -0.4 is 16.0 Å². The van der Waals surface area contributed by atoms with Gasteiger partial charge in [-0.1, -0.05) is 0 Å². The first kappa shape index (κ1) is 14.4. The molecule has 0 radical (unpaired) electrons. The van der Waals surface area contributed by atoms with Crippen LogP contribution in [0, 0.1) is 6.92 Å². The molecule has 2 rings (SSSR count). The Labute approximate surface area is 118 Å². The molecule has 6 heteroatoms. The molecule has 0 saturated carbocycles. The number of urea groups is 1. The SMILES string of the molecule is Cc1ccc(C(C)NC(=O)NC2CCCCNC2=O)o1. The van der Waals surface area contributed by atoms with Crippen molar-refractivity contribution in [3.63, 3.8) is 0 Å². The second-order valence-corrected chi connectivity index (χ2v) is 5.13. The highest BCUT2D eigenvalue weighted by Crippen LogP contribution is 2.15.